The lowest BCUT2D eigenvalue weighted by Gasteiger charge is -2.15. The summed E-state index contributed by atoms with van der Waals surface area (Å²) in [6.45, 7) is 3.75. The van der Waals surface area contributed by atoms with Gasteiger partial charge in [0.1, 0.15) is 6.04 Å². The van der Waals surface area contributed by atoms with E-state index < -0.39 is 6.04 Å². The lowest BCUT2D eigenvalue weighted by atomic mass is 9.93. The lowest BCUT2D eigenvalue weighted by molar-refractivity contribution is -0.121. The molecule has 0 aliphatic rings. The Bertz CT molecular complexity index is 394. The van der Waals surface area contributed by atoms with Crippen LogP contribution in [0.15, 0.2) is 30.3 Å². The SMILES string of the molecule is CC[C@@H](CC(=O)N[C@@H](C)C#N)c1ccccc1. The second kappa shape index (κ2) is 6.70. The van der Waals surface area contributed by atoms with Crippen LogP contribution in [0.5, 0.6) is 0 Å². The van der Waals surface area contributed by atoms with Crippen LogP contribution in [-0.4, -0.2) is 11.9 Å². The van der Waals surface area contributed by atoms with Gasteiger partial charge in [-0.1, -0.05) is 37.3 Å². The van der Waals surface area contributed by atoms with E-state index in [2.05, 4.69) is 12.2 Å². The topological polar surface area (TPSA) is 52.9 Å². The minimum Gasteiger partial charge on any atom is -0.341 e. The maximum atomic E-state index is 11.7. The van der Waals surface area contributed by atoms with E-state index in [0.717, 1.165) is 6.42 Å². The molecule has 3 nitrogen and oxygen atoms in total. The summed E-state index contributed by atoms with van der Waals surface area (Å²) in [5.41, 5.74) is 1.18. The van der Waals surface area contributed by atoms with Gasteiger partial charge in [0.15, 0.2) is 0 Å². The molecule has 0 spiro atoms. The molecule has 2 atom stereocenters. The van der Waals surface area contributed by atoms with Crippen molar-refractivity contribution in [3.63, 3.8) is 0 Å². The van der Waals surface area contributed by atoms with Crippen LogP contribution in [0.25, 0.3) is 0 Å². The number of hydrogen-bond donors (Lipinski definition) is 1. The summed E-state index contributed by atoms with van der Waals surface area (Å²) in [6.07, 6.45) is 1.35. The minimum absolute atomic E-state index is 0.0604. The molecule has 0 bridgehead atoms. The van der Waals surface area contributed by atoms with Crippen molar-refractivity contribution in [2.24, 2.45) is 0 Å². The van der Waals surface area contributed by atoms with Gasteiger partial charge >= 0.3 is 0 Å². The number of hydrogen-bond acceptors (Lipinski definition) is 2. The first-order valence-corrected chi connectivity index (χ1v) is 5.91. The van der Waals surface area contributed by atoms with Crippen LogP contribution in [0, 0.1) is 11.3 Å². The molecule has 1 aromatic carbocycles. The quantitative estimate of drug-likeness (QED) is 0.845. The second-order valence-corrected chi connectivity index (χ2v) is 4.14. The summed E-state index contributed by atoms with van der Waals surface area (Å²) in [5, 5.41) is 11.3. The summed E-state index contributed by atoms with van der Waals surface area (Å²) in [7, 11) is 0. The number of nitrogens with one attached hydrogen (secondary N) is 1. The summed E-state index contributed by atoms with van der Waals surface area (Å²) >= 11 is 0. The monoisotopic (exact) mass is 230 g/mol. The Morgan fingerprint density at radius 2 is 2.06 bits per heavy atom. The molecule has 3 heteroatoms. The van der Waals surface area contributed by atoms with E-state index in [-0.39, 0.29) is 11.8 Å². The van der Waals surface area contributed by atoms with Gasteiger partial charge in [-0.3, -0.25) is 4.79 Å². The number of nitrogens with zero attached hydrogens (tertiary/aromatic N) is 1. The van der Waals surface area contributed by atoms with Crippen molar-refractivity contribution < 1.29 is 4.79 Å². The van der Waals surface area contributed by atoms with E-state index in [0.29, 0.717) is 6.42 Å². The van der Waals surface area contributed by atoms with Crippen LogP contribution >= 0.6 is 0 Å². The minimum atomic E-state index is -0.421. The van der Waals surface area contributed by atoms with Crippen LogP contribution in [0.2, 0.25) is 0 Å². The van der Waals surface area contributed by atoms with Gasteiger partial charge in [0.25, 0.3) is 0 Å². The first kappa shape index (κ1) is 13.2. The fourth-order valence-corrected chi connectivity index (χ4v) is 1.78. The molecule has 0 heterocycles. The second-order valence-electron chi connectivity index (χ2n) is 4.14. The fourth-order valence-electron chi connectivity index (χ4n) is 1.78. The molecule has 0 aliphatic carbocycles. The van der Waals surface area contributed by atoms with Crippen LogP contribution in [0.3, 0.4) is 0 Å². The third-order valence-corrected chi connectivity index (χ3v) is 2.77. The number of carbonyl (C=O) groups excluding carboxylic acids is 1. The molecule has 1 aromatic rings. The normalized spacial score (nSPS) is 13.5. The third kappa shape index (κ3) is 4.28. The number of amides is 1. The van der Waals surface area contributed by atoms with Crippen molar-refractivity contribution in [3.05, 3.63) is 35.9 Å². The maximum Gasteiger partial charge on any atom is 0.221 e. The highest BCUT2D eigenvalue weighted by Crippen LogP contribution is 2.22. The highest BCUT2D eigenvalue weighted by atomic mass is 16.1. The van der Waals surface area contributed by atoms with Crippen molar-refractivity contribution in [1.82, 2.24) is 5.32 Å². The van der Waals surface area contributed by atoms with E-state index in [1.54, 1.807) is 6.92 Å². The summed E-state index contributed by atoms with van der Waals surface area (Å²) in [6, 6.07) is 11.6. The smallest absolute Gasteiger partial charge is 0.221 e. The van der Waals surface area contributed by atoms with Gasteiger partial charge < -0.3 is 5.32 Å². The molecule has 0 fully saturated rings. The third-order valence-electron chi connectivity index (χ3n) is 2.77. The average molecular weight is 230 g/mol. The van der Waals surface area contributed by atoms with Gasteiger partial charge in [-0.05, 0) is 24.8 Å². The Kier molecular flexibility index (Phi) is 5.22. The van der Waals surface area contributed by atoms with Gasteiger partial charge in [0.2, 0.25) is 5.91 Å². The molecule has 0 saturated carbocycles. The van der Waals surface area contributed by atoms with Crippen molar-refractivity contribution >= 4 is 5.91 Å². The Morgan fingerprint density at radius 3 is 2.59 bits per heavy atom. The van der Waals surface area contributed by atoms with Crippen molar-refractivity contribution in [1.29, 1.82) is 5.26 Å². The Balaban J connectivity index is 2.60. The number of carbonyl (C=O) groups is 1. The highest BCUT2D eigenvalue weighted by Gasteiger charge is 2.15. The highest BCUT2D eigenvalue weighted by molar-refractivity contribution is 5.77. The van der Waals surface area contributed by atoms with Crippen LogP contribution in [0.4, 0.5) is 0 Å². The van der Waals surface area contributed by atoms with Gasteiger partial charge in [0.05, 0.1) is 6.07 Å². The lowest BCUT2D eigenvalue weighted by Crippen LogP contribution is -2.32. The molecule has 1 rings (SSSR count). The Labute approximate surface area is 102 Å². The molecular weight excluding hydrogens is 212 g/mol. The van der Waals surface area contributed by atoms with Gasteiger partial charge in [-0.2, -0.15) is 5.26 Å². The van der Waals surface area contributed by atoms with Crippen molar-refractivity contribution in [3.8, 4) is 6.07 Å². The number of nitriles is 1. The van der Waals surface area contributed by atoms with Gasteiger partial charge in [-0.25, -0.2) is 0 Å². The van der Waals surface area contributed by atoms with Crippen LogP contribution in [-0.2, 0) is 4.79 Å². The zero-order valence-electron chi connectivity index (χ0n) is 10.3. The van der Waals surface area contributed by atoms with E-state index in [9.17, 15) is 4.79 Å². The predicted molar refractivity (Wildman–Crippen MR) is 67.3 cm³/mol. The molecule has 0 aliphatic heterocycles. The van der Waals surface area contributed by atoms with Crippen molar-refractivity contribution in [2.75, 3.05) is 0 Å². The molecular formula is C14H18N2O. The van der Waals surface area contributed by atoms with Crippen molar-refractivity contribution in [2.45, 2.75) is 38.6 Å². The van der Waals surface area contributed by atoms with E-state index in [1.807, 2.05) is 36.4 Å². The first-order chi connectivity index (χ1) is 8.17. The van der Waals surface area contributed by atoms with Crippen LogP contribution < -0.4 is 5.32 Å². The first-order valence-electron chi connectivity index (χ1n) is 5.91. The zero-order chi connectivity index (χ0) is 12.7. The zero-order valence-corrected chi connectivity index (χ0v) is 10.3. The average Bonchev–Trinajstić information content (AvgIpc) is 2.36. The number of rotatable bonds is 5. The van der Waals surface area contributed by atoms with Gasteiger partial charge in [0, 0.05) is 6.42 Å². The molecule has 1 N–H and O–H groups in total. The molecule has 0 radical (unpaired) electrons. The molecule has 90 valence electrons. The van der Waals surface area contributed by atoms with Gasteiger partial charge in [-0.15, -0.1) is 0 Å². The largest absolute Gasteiger partial charge is 0.341 e. The summed E-state index contributed by atoms with van der Waals surface area (Å²) in [5.74, 6) is 0.164. The number of benzene rings is 1. The predicted octanol–water partition coefficient (Wildman–Crippen LogP) is 2.60. The molecule has 0 aromatic heterocycles. The Hall–Kier alpha value is -1.82. The summed E-state index contributed by atoms with van der Waals surface area (Å²) in [4.78, 5) is 11.7. The molecule has 0 unspecified atom stereocenters. The fraction of sp³-hybridized carbons (Fsp3) is 0.429. The van der Waals surface area contributed by atoms with E-state index in [4.69, 9.17) is 5.26 Å². The standard InChI is InChI=1S/C14H18N2O/c1-3-12(13-7-5-4-6-8-13)9-14(17)16-11(2)10-15/h4-8,11-12H,3,9H2,1-2H3,(H,16,17)/t11-,12-/m0/s1. The Morgan fingerprint density at radius 1 is 1.41 bits per heavy atom. The van der Waals surface area contributed by atoms with E-state index >= 15 is 0 Å². The van der Waals surface area contributed by atoms with E-state index in [1.165, 1.54) is 5.56 Å². The molecule has 0 saturated heterocycles. The molecule has 17 heavy (non-hydrogen) atoms. The molecule has 1 amide bonds. The van der Waals surface area contributed by atoms with Crippen LogP contribution in [0.1, 0.15) is 38.2 Å². The maximum absolute atomic E-state index is 11.7. The summed E-state index contributed by atoms with van der Waals surface area (Å²) < 4.78 is 0.